The lowest BCUT2D eigenvalue weighted by Gasteiger charge is -2.60. The summed E-state index contributed by atoms with van der Waals surface area (Å²) in [6, 6.07) is 6.99. The number of hydrogen-bond donors (Lipinski definition) is 2. The number of β-amino-alcohol motifs (C(OH)–C–C–N with tert-alkyl or cyclic N) is 1. The van der Waals surface area contributed by atoms with Crippen LogP contribution in [0.15, 0.2) is 30.5 Å². The fourth-order valence-corrected chi connectivity index (χ4v) is 10.1. The maximum atomic E-state index is 17.1. The number of phenols is 1. The van der Waals surface area contributed by atoms with Gasteiger partial charge in [-0.25, -0.2) is 8.78 Å². The molecule has 5 fully saturated rings. The number of aliphatic hydroxyl groups is 1. The van der Waals surface area contributed by atoms with Crippen LogP contribution in [0.3, 0.4) is 0 Å². The fourth-order valence-electron chi connectivity index (χ4n) is 10.1. The van der Waals surface area contributed by atoms with Crippen LogP contribution in [-0.2, 0) is 15.9 Å². The zero-order valence-corrected chi connectivity index (χ0v) is 32.0. The number of halogens is 2. The van der Waals surface area contributed by atoms with Gasteiger partial charge in [-0.3, -0.25) is 9.88 Å². The van der Waals surface area contributed by atoms with Crippen LogP contribution in [-0.4, -0.2) is 100 Å². The molecule has 0 bridgehead atoms. The summed E-state index contributed by atoms with van der Waals surface area (Å²) in [5.41, 5.74) is -0.170. The number of fused-ring (bicyclic) bond motifs is 3. The minimum atomic E-state index is -1.17. The molecule has 12 heteroatoms. The monoisotopic (exact) mass is 745 g/mol. The Bertz CT molecular complexity index is 2030. The molecule has 3 aliphatic heterocycles. The highest BCUT2D eigenvalue weighted by Crippen LogP contribution is 2.55. The Labute approximate surface area is 315 Å². The van der Waals surface area contributed by atoms with Gasteiger partial charge in [0.15, 0.2) is 5.82 Å². The Balaban J connectivity index is 0.00000203. The number of likely N-dealkylation sites (tertiary alicyclic amines) is 1. The van der Waals surface area contributed by atoms with Gasteiger partial charge in [-0.15, -0.1) is 0 Å². The van der Waals surface area contributed by atoms with Gasteiger partial charge in [0.1, 0.15) is 34.2 Å². The number of pyridine rings is 1. The van der Waals surface area contributed by atoms with Crippen molar-refractivity contribution in [2.24, 2.45) is 10.8 Å². The molecule has 5 aliphatic rings. The number of piperidine rings is 1. The van der Waals surface area contributed by atoms with Crippen LogP contribution in [0.25, 0.3) is 32.9 Å². The van der Waals surface area contributed by atoms with Crippen molar-refractivity contribution < 1.29 is 33.2 Å². The van der Waals surface area contributed by atoms with Crippen molar-refractivity contribution in [3.63, 3.8) is 0 Å². The van der Waals surface area contributed by atoms with Crippen molar-refractivity contribution in [3.05, 3.63) is 47.7 Å². The first-order chi connectivity index (χ1) is 26.1. The van der Waals surface area contributed by atoms with E-state index in [-0.39, 0.29) is 47.1 Å². The summed E-state index contributed by atoms with van der Waals surface area (Å²) in [6.45, 7) is 12.0. The van der Waals surface area contributed by atoms with Gasteiger partial charge in [-0.2, -0.15) is 9.97 Å². The fraction of sp³-hybridized carbons (Fsp3) is 0.595. The normalized spacial score (nSPS) is 26.9. The van der Waals surface area contributed by atoms with E-state index in [1.165, 1.54) is 31.2 Å². The Morgan fingerprint density at radius 3 is 2.57 bits per heavy atom. The van der Waals surface area contributed by atoms with E-state index in [4.69, 9.17) is 24.2 Å². The second-order valence-corrected chi connectivity index (χ2v) is 16.4. The Kier molecular flexibility index (Phi) is 9.94. The van der Waals surface area contributed by atoms with Gasteiger partial charge in [0.2, 0.25) is 0 Å². The molecule has 1 spiro atoms. The van der Waals surface area contributed by atoms with E-state index in [0.717, 1.165) is 51.9 Å². The first kappa shape index (κ1) is 37.2. The lowest BCUT2D eigenvalue weighted by molar-refractivity contribution is -0.196. The molecular formula is C42H53F2N5O5. The third-order valence-electron chi connectivity index (χ3n) is 12.6. The number of aromatic hydroxyl groups is 1. The first-order valence-corrected chi connectivity index (χ1v) is 19.9. The van der Waals surface area contributed by atoms with E-state index in [1.54, 1.807) is 19.1 Å². The van der Waals surface area contributed by atoms with Crippen LogP contribution in [0.2, 0.25) is 0 Å². The molecule has 2 saturated carbocycles. The van der Waals surface area contributed by atoms with Crippen LogP contribution in [0.5, 0.6) is 11.8 Å². The molecule has 5 heterocycles. The highest BCUT2D eigenvalue weighted by Gasteiger charge is 2.56. The Morgan fingerprint density at radius 1 is 1.02 bits per heavy atom. The van der Waals surface area contributed by atoms with Gasteiger partial charge in [0.05, 0.1) is 45.0 Å². The summed E-state index contributed by atoms with van der Waals surface area (Å²) < 4.78 is 50.1. The standard InChI is InChI=1S/C40H47F2N5O5.C2H6/c1-3-27-30(41)8-7-24-14-26(48)15-28(32(24)27)34-33(42)35-29(18-43-34)36(46-12-13-50-20-38(2,49)19-46)45-37(44-35)52-23-40-9-4-6-31(40)47(11-5-10-40)25-16-39(17-25)21-51-22-39;1-2/h7-8,14-15,18,25,31,48-49H,3-6,9-13,16-17,19-23H2,1-2H3;1-2H3. The minimum Gasteiger partial charge on any atom is -0.508 e. The predicted octanol–water partition coefficient (Wildman–Crippen LogP) is 7.20. The summed E-state index contributed by atoms with van der Waals surface area (Å²) in [4.78, 5) is 18.8. The average Bonchev–Trinajstić information content (AvgIpc) is 3.48. The van der Waals surface area contributed by atoms with E-state index in [1.807, 2.05) is 25.7 Å². The van der Waals surface area contributed by atoms with Crippen LogP contribution < -0.4 is 9.64 Å². The van der Waals surface area contributed by atoms with Gasteiger partial charge in [-0.05, 0) is 92.9 Å². The number of hydrogen-bond acceptors (Lipinski definition) is 10. The van der Waals surface area contributed by atoms with E-state index >= 15 is 8.78 Å². The lowest BCUT2D eigenvalue weighted by atomic mass is 9.62. The van der Waals surface area contributed by atoms with Crippen LogP contribution in [0.4, 0.5) is 14.6 Å². The van der Waals surface area contributed by atoms with Gasteiger partial charge < -0.3 is 29.3 Å². The lowest BCUT2D eigenvalue weighted by Crippen LogP contribution is -2.64. The molecule has 3 atom stereocenters. The third kappa shape index (κ3) is 6.46. The molecule has 0 radical (unpaired) electrons. The number of aryl methyl sites for hydroxylation is 1. The molecule has 4 aromatic rings. The minimum absolute atomic E-state index is 0.00831. The predicted molar refractivity (Wildman–Crippen MR) is 204 cm³/mol. The maximum Gasteiger partial charge on any atom is 0.319 e. The molecular weight excluding hydrogens is 692 g/mol. The summed E-state index contributed by atoms with van der Waals surface area (Å²) in [5.74, 6) is -0.806. The number of phenolic OH excluding ortho intramolecular Hbond substituents is 1. The number of nitrogens with zero attached hydrogens (tertiary/aromatic N) is 5. The highest BCUT2D eigenvalue weighted by molar-refractivity contribution is 6.01. The molecule has 10 nitrogen and oxygen atoms in total. The molecule has 2 aromatic heterocycles. The quantitative estimate of drug-likeness (QED) is 0.202. The van der Waals surface area contributed by atoms with Crippen molar-refractivity contribution in [2.75, 3.05) is 57.6 Å². The zero-order chi connectivity index (χ0) is 37.8. The summed E-state index contributed by atoms with van der Waals surface area (Å²) in [6.07, 6.45) is 9.81. The molecule has 0 amide bonds. The largest absolute Gasteiger partial charge is 0.508 e. The second-order valence-electron chi connectivity index (χ2n) is 16.4. The van der Waals surface area contributed by atoms with Gasteiger partial charge in [-0.1, -0.05) is 33.3 Å². The van der Waals surface area contributed by atoms with E-state index in [0.29, 0.717) is 71.2 Å². The van der Waals surface area contributed by atoms with E-state index in [9.17, 15) is 10.2 Å². The van der Waals surface area contributed by atoms with Gasteiger partial charge in [0.25, 0.3) is 0 Å². The van der Waals surface area contributed by atoms with E-state index in [2.05, 4.69) is 9.88 Å². The Morgan fingerprint density at radius 2 is 1.81 bits per heavy atom. The van der Waals surface area contributed by atoms with Gasteiger partial charge in [0, 0.05) is 41.2 Å². The summed E-state index contributed by atoms with van der Waals surface area (Å²) in [5, 5.41) is 23.2. The first-order valence-electron chi connectivity index (χ1n) is 19.9. The smallest absolute Gasteiger partial charge is 0.319 e. The molecule has 290 valence electrons. The van der Waals surface area contributed by atoms with Crippen LogP contribution in [0.1, 0.15) is 78.2 Å². The molecule has 3 saturated heterocycles. The van der Waals surface area contributed by atoms with Crippen LogP contribution in [0, 0.1) is 22.5 Å². The summed E-state index contributed by atoms with van der Waals surface area (Å²) >= 11 is 0. The number of anilines is 1. The van der Waals surface area contributed by atoms with Crippen molar-refractivity contribution >= 4 is 27.5 Å². The molecule has 2 N–H and O–H groups in total. The van der Waals surface area contributed by atoms with Crippen molar-refractivity contribution in [2.45, 2.75) is 96.7 Å². The SMILES string of the molecule is CC.CCc1c(F)ccc2cc(O)cc(-c3ncc4c(N5CCOCC(C)(O)C5)nc(OCC56CCCC5N(C5CC7(COC7)C5)CCC6)nc4c3F)c12. The summed E-state index contributed by atoms with van der Waals surface area (Å²) in [7, 11) is 0. The molecule has 9 rings (SSSR count). The van der Waals surface area contributed by atoms with Crippen LogP contribution >= 0.6 is 0 Å². The van der Waals surface area contributed by atoms with Crippen molar-refractivity contribution in [1.82, 2.24) is 19.9 Å². The maximum absolute atomic E-state index is 17.1. The van der Waals surface area contributed by atoms with Crippen molar-refractivity contribution in [1.29, 1.82) is 0 Å². The molecule has 3 unspecified atom stereocenters. The topological polar surface area (TPSA) is 113 Å². The third-order valence-corrected chi connectivity index (χ3v) is 12.6. The van der Waals surface area contributed by atoms with E-state index < -0.39 is 17.2 Å². The van der Waals surface area contributed by atoms with Crippen molar-refractivity contribution in [3.8, 4) is 23.0 Å². The molecule has 2 aromatic carbocycles. The molecule has 2 aliphatic carbocycles. The second kappa shape index (κ2) is 14.4. The highest BCUT2D eigenvalue weighted by atomic mass is 19.1. The Hall–Kier alpha value is -3.71. The van der Waals surface area contributed by atoms with Gasteiger partial charge >= 0.3 is 6.01 Å². The number of benzene rings is 2. The number of aromatic nitrogens is 3. The number of rotatable bonds is 7. The molecule has 54 heavy (non-hydrogen) atoms. The average molecular weight is 746 g/mol. The number of ether oxygens (including phenoxy) is 3. The zero-order valence-electron chi connectivity index (χ0n) is 32.0.